The van der Waals surface area contributed by atoms with E-state index in [4.69, 9.17) is 0 Å². The van der Waals surface area contributed by atoms with Crippen LogP contribution in [-0.2, 0) is 6.18 Å². The van der Waals surface area contributed by atoms with Crippen LogP contribution in [0.4, 0.5) is 13.2 Å². The lowest BCUT2D eigenvalue weighted by atomic mass is 10.3. The van der Waals surface area contributed by atoms with Gasteiger partial charge in [-0.05, 0) is 12.1 Å². The zero-order valence-electron chi connectivity index (χ0n) is 8.86. The number of halogens is 3. The summed E-state index contributed by atoms with van der Waals surface area (Å²) in [5.74, 6) is 0. The number of nitrogens with one attached hydrogen (secondary N) is 1. The molecular formula is C11H7F3N2O2. The Balaban J connectivity index is 2.77. The molecule has 1 N–H and O–H groups in total. The van der Waals surface area contributed by atoms with Crippen molar-refractivity contribution in [3.05, 3.63) is 62.9 Å². The molecule has 4 nitrogen and oxygen atoms in total. The van der Waals surface area contributed by atoms with Crippen molar-refractivity contribution in [2.24, 2.45) is 0 Å². The molecule has 0 amide bonds. The van der Waals surface area contributed by atoms with Crippen LogP contribution in [0.25, 0.3) is 5.69 Å². The second kappa shape index (κ2) is 4.17. The Morgan fingerprint density at radius 2 is 1.67 bits per heavy atom. The lowest BCUT2D eigenvalue weighted by molar-refractivity contribution is -0.139. The van der Waals surface area contributed by atoms with Gasteiger partial charge in [-0.3, -0.25) is 4.79 Å². The van der Waals surface area contributed by atoms with Gasteiger partial charge < -0.3 is 4.98 Å². The van der Waals surface area contributed by atoms with Crippen LogP contribution in [0.15, 0.2) is 46.1 Å². The van der Waals surface area contributed by atoms with E-state index in [-0.39, 0.29) is 5.69 Å². The fourth-order valence-corrected chi connectivity index (χ4v) is 1.49. The van der Waals surface area contributed by atoms with Gasteiger partial charge in [-0.1, -0.05) is 18.2 Å². The first-order valence-electron chi connectivity index (χ1n) is 4.88. The third-order valence-corrected chi connectivity index (χ3v) is 2.30. The van der Waals surface area contributed by atoms with E-state index in [1.165, 1.54) is 24.3 Å². The van der Waals surface area contributed by atoms with Crippen molar-refractivity contribution in [2.75, 3.05) is 0 Å². The fraction of sp³-hybridized carbons (Fsp3) is 0.0909. The maximum absolute atomic E-state index is 12.5. The minimum atomic E-state index is -4.81. The summed E-state index contributed by atoms with van der Waals surface area (Å²) in [6.45, 7) is 0. The van der Waals surface area contributed by atoms with Crippen molar-refractivity contribution in [3.63, 3.8) is 0 Å². The van der Waals surface area contributed by atoms with Crippen LogP contribution in [0.3, 0.4) is 0 Å². The number of rotatable bonds is 1. The molecule has 0 saturated carbocycles. The lowest BCUT2D eigenvalue weighted by Gasteiger charge is -2.09. The highest BCUT2D eigenvalue weighted by Crippen LogP contribution is 2.25. The number of hydrogen-bond donors (Lipinski definition) is 1. The molecule has 0 fully saturated rings. The van der Waals surface area contributed by atoms with Gasteiger partial charge >= 0.3 is 11.9 Å². The molecule has 2 aromatic rings. The molecule has 0 radical (unpaired) electrons. The highest BCUT2D eigenvalue weighted by atomic mass is 19.4. The van der Waals surface area contributed by atoms with Crippen molar-refractivity contribution in [2.45, 2.75) is 6.18 Å². The molecular weight excluding hydrogens is 249 g/mol. The van der Waals surface area contributed by atoms with E-state index in [1.807, 2.05) is 4.98 Å². The average Bonchev–Trinajstić information content (AvgIpc) is 2.28. The van der Waals surface area contributed by atoms with Crippen molar-refractivity contribution < 1.29 is 13.2 Å². The molecule has 0 aliphatic rings. The van der Waals surface area contributed by atoms with Gasteiger partial charge in [0.1, 0.15) is 5.56 Å². The minimum Gasteiger partial charge on any atom is -0.313 e. The summed E-state index contributed by atoms with van der Waals surface area (Å²) in [6.07, 6.45) is -4.43. The Bertz CT molecular complexity index is 671. The lowest BCUT2D eigenvalue weighted by Crippen LogP contribution is -2.37. The molecule has 1 aromatic heterocycles. The molecule has 2 rings (SSSR count). The molecule has 0 unspecified atom stereocenters. The third kappa shape index (κ3) is 2.06. The molecule has 0 aliphatic carbocycles. The Morgan fingerprint density at radius 3 is 2.22 bits per heavy atom. The highest BCUT2D eigenvalue weighted by molar-refractivity contribution is 5.32. The summed E-state index contributed by atoms with van der Waals surface area (Å²) in [5, 5.41) is 0. The summed E-state index contributed by atoms with van der Waals surface area (Å²) >= 11 is 0. The van der Waals surface area contributed by atoms with Crippen molar-refractivity contribution in [1.29, 1.82) is 0 Å². The summed E-state index contributed by atoms with van der Waals surface area (Å²) in [7, 11) is 0. The van der Waals surface area contributed by atoms with Crippen molar-refractivity contribution in [3.8, 4) is 5.69 Å². The van der Waals surface area contributed by atoms with Gasteiger partial charge in [0.25, 0.3) is 5.56 Å². The molecule has 94 valence electrons. The summed E-state index contributed by atoms with van der Waals surface area (Å²) in [5.41, 5.74) is -3.64. The third-order valence-electron chi connectivity index (χ3n) is 2.30. The SMILES string of the molecule is O=c1[nH]cc(C(F)(F)F)c(=O)n1-c1ccccc1. The predicted octanol–water partition coefficient (Wildman–Crippen LogP) is 1.54. The number of nitrogens with zero attached hydrogens (tertiary/aromatic N) is 1. The summed E-state index contributed by atoms with van der Waals surface area (Å²) in [6, 6.07) is 7.40. The maximum Gasteiger partial charge on any atom is 0.423 e. The van der Waals surface area contributed by atoms with Crippen molar-refractivity contribution >= 4 is 0 Å². The van der Waals surface area contributed by atoms with Crippen LogP contribution in [0.2, 0.25) is 0 Å². The Hall–Kier alpha value is -2.31. The maximum atomic E-state index is 12.5. The first-order valence-corrected chi connectivity index (χ1v) is 4.88. The second-order valence-electron chi connectivity index (χ2n) is 3.48. The number of para-hydroxylation sites is 1. The van der Waals surface area contributed by atoms with Crippen LogP contribution in [-0.4, -0.2) is 9.55 Å². The predicted molar refractivity (Wildman–Crippen MR) is 57.7 cm³/mol. The van der Waals surface area contributed by atoms with E-state index in [0.717, 1.165) is 0 Å². The fourth-order valence-electron chi connectivity index (χ4n) is 1.49. The molecule has 0 atom stereocenters. The molecule has 0 aliphatic heterocycles. The average molecular weight is 256 g/mol. The van der Waals surface area contributed by atoms with Gasteiger partial charge in [0, 0.05) is 6.20 Å². The largest absolute Gasteiger partial charge is 0.423 e. The van der Waals surface area contributed by atoms with Gasteiger partial charge in [-0.25, -0.2) is 9.36 Å². The number of alkyl halides is 3. The Labute approximate surface area is 98.3 Å². The monoisotopic (exact) mass is 256 g/mol. The number of aromatic amines is 1. The van der Waals surface area contributed by atoms with Gasteiger partial charge in [-0.2, -0.15) is 13.2 Å². The molecule has 7 heteroatoms. The molecule has 0 bridgehead atoms. The molecule has 1 aromatic carbocycles. The van der Waals surface area contributed by atoms with Crippen molar-refractivity contribution in [1.82, 2.24) is 9.55 Å². The van der Waals surface area contributed by atoms with Crippen LogP contribution in [0, 0.1) is 0 Å². The zero-order chi connectivity index (χ0) is 13.3. The van der Waals surface area contributed by atoms with Crippen LogP contribution in [0.1, 0.15) is 5.56 Å². The topological polar surface area (TPSA) is 54.9 Å². The first kappa shape index (κ1) is 12.2. The van der Waals surface area contributed by atoms with Gasteiger partial charge in [0.2, 0.25) is 0 Å². The Morgan fingerprint density at radius 1 is 1.06 bits per heavy atom. The minimum absolute atomic E-state index is 0.0786. The normalized spacial score (nSPS) is 11.5. The van der Waals surface area contributed by atoms with E-state index in [2.05, 4.69) is 0 Å². The van der Waals surface area contributed by atoms with Crippen LogP contribution in [0.5, 0.6) is 0 Å². The zero-order valence-corrected chi connectivity index (χ0v) is 8.86. The molecule has 18 heavy (non-hydrogen) atoms. The smallest absolute Gasteiger partial charge is 0.313 e. The number of benzene rings is 1. The van der Waals surface area contributed by atoms with E-state index in [9.17, 15) is 22.8 Å². The number of aromatic nitrogens is 2. The standard InChI is InChI=1S/C11H7F3N2O2/c12-11(13,14)8-6-15-10(18)16(9(8)17)7-4-2-1-3-5-7/h1-6H,(H,15,18). The van der Waals surface area contributed by atoms with Gasteiger partial charge in [0.05, 0.1) is 5.69 Å². The van der Waals surface area contributed by atoms with E-state index in [1.54, 1.807) is 6.07 Å². The molecule has 0 saturated heterocycles. The van der Waals surface area contributed by atoms with Crippen LogP contribution >= 0.6 is 0 Å². The first-order chi connectivity index (χ1) is 8.41. The van der Waals surface area contributed by atoms with E-state index in [0.29, 0.717) is 10.8 Å². The van der Waals surface area contributed by atoms with E-state index < -0.39 is 23.0 Å². The summed E-state index contributed by atoms with van der Waals surface area (Å²) < 4.78 is 38.1. The highest BCUT2D eigenvalue weighted by Gasteiger charge is 2.35. The number of H-pyrrole nitrogens is 1. The Kier molecular flexibility index (Phi) is 2.82. The number of hydrogen-bond acceptors (Lipinski definition) is 2. The molecule has 1 heterocycles. The van der Waals surface area contributed by atoms with Gasteiger partial charge in [-0.15, -0.1) is 0 Å². The second-order valence-corrected chi connectivity index (χ2v) is 3.48. The molecule has 0 spiro atoms. The van der Waals surface area contributed by atoms with E-state index >= 15 is 0 Å². The van der Waals surface area contributed by atoms with Gasteiger partial charge in [0.15, 0.2) is 0 Å². The quantitative estimate of drug-likeness (QED) is 0.841. The van der Waals surface area contributed by atoms with Crippen LogP contribution < -0.4 is 11.2 Å². The summed E-state index contributed by atoms with van der Waals surface area (Å²) in [4.78, 5) is 25.0.